The molecule has 1 atom stereocenters. The number of rotatable bonds is 5. The SMILES string of the molecule is CCOC(=O)c1[nH]nc(N2C(=O)OC[C@H]2c2ccccc2)c1C(C)=O. The van der Waals surface area contributed by atoms with Crippen LogP contribution in [0.25, 0.3) is 0 Å². The van der Waals surface area contributed by atoms with Gasteiger partial charge in [-0.15, -0.1) is 0 Å². The second-order valence-electron chi connectivity index (χ2n) is 5.45. The zero-order chi connectivity index (χ0) is 18.0. The van der Waals surface area contributed by atoms with Crippen LogP contribution in [0.5, 0.6) is 0 Å². The van der Waals surface area contributed by atoms with E-state index in [-0.39, 0.29) is 30.3 Å². The number of H-pyrrole nitrogens is 1. The predicted octanol–water partition coefficient (Wildman–Crippen LogP) is 2.49. The number of carbonyl (C=O) groups excluding carboxylic acids is 3. The third-order valence-corrected chi connectivity index (χ3v) is 3.86. The minimum absolute atomic E-state index is 0.0123. The fraction of sp³-hybridized carbons (Fsp3) is 0.294. The minimum atomic E-state index is -0.699. The first-order valence-electron chi connectivity index (χ1n) is 7.82. The topological polar surface area (TPSA) is 102 Å². The molecule has 1 saturated heterocycles. The van der Waals surface area contributed by atoms with Gasteiger partial charge in [0.2, 0.25) is 0 Å². The highest BCUT2D eigenvalue weighted by molar-refractivity contribution is 6.10. The zero-order valence-electron chi connectivity index (χ0n) is 13.8. The number of benzene rings is 1. The first-order valence-corrected chi connectivity index (χ1v) is 7.82. The van der Waals surface area contributed by atoms with Crippen molar-refractivity contribution in [3.8, 4) is 0 Å². The molecule has 1 amide bonds. The molecule has 0 unspecified atom stereocenters. The lowest BCUT2D eigenvalue weighted by atomic mass is 10.1. The highest BCUT2D eigenvalue weighted by Gasteiger charge is 2.40. The van der Waals surface area contributed by atoms with Crippen molar-refractivity contribution < 1.29 is 23.9 Å². The van der Waals surface area contributed by atoms with Crippen molar-refractivity contribution in [1.29, 1.82) is 0 Å². The van der Waals surface area contributed by atoms with Crippen LogP contribution in [0, 0.1) is 0 Å². The number of hydrogen-bond acceptors (Lipinski definition) is 6. The summed E-state index contributed by atoms with van der Waals surface area (Å²) in [4.78, 5) is 37.7. The lowest BCUT2D eigenvalue weighted by Crippen LogP contribution is -2.29. The number of cyclic esters (lactones) is 1. The molecular weight excluding hydrogens is 326 g/mol. The van der Waals surface area contributed by atoms with Gasteiger partial charge in [-0.05, 0) is 19.4 Å². The van der Waals surface area contributed by atoms with Gasteiger partial charge in [0.1, 0.15) is 12.6 Å². The number of hydrogen-bond donors (Lipinski definition) is 1. The van der Waals surface area contributed by atoms with E-state index in [2.05, 4.69) is 10.2 Å². The average molecular weight is 343 g/mol. The first-order chi connectivity index (χ1) is 12.0. The van der Waals surface area contributed by atoms with Crippen LogP contribution in [0.1, 0.15) is 46.3 Å². The summed E-state index contributed by atoms with van der Waals surface area (Å²) in [6, 6.07) is 8.82. The van der Waals surface area contributed by atoms with Crippen LogP contribution in [0.4, 0.5) is 10.6 Å². The van der Waals surface area contributed by atoms with Crippen LogP contribution < -0.4 is 4.90 Å². The van der Waals surface area contributed by atoms with Gasteiger partial charge in [0.25, 0.3) is 0 Å². The van der Waals surface area contributed by atoms with E-state index in [1.165, 1.54) is 11.8 Å². The molecule has 1 aliphatic rings. The van der Waals surface area contributed by atoms with Gasteiger partial charge in [0.15, 0.2) is 17.3 Å². The number of carbonyl (C=O) groups is 3. The second-order valence-corrected chi connectivity index (χ2v) is 5.45. The Hall–Kier alpha value is -3.16. The number of anilines is 1. The number of ketones is 1. The van der Waals surface area contributed by atoms with Crippen LogP contribution >= 0.6 is 0 Å². The second kappa shape index (κ2) is 6.76. The molecule has 3 rings (SSSR count). The van der Waals surface area contributed by atoms with E-state index in [9.17, 15) is 14.4 Å². The maximum absolute atomic E-state index is 12.3. The standard InChI is InChI=1S/C17H17N3O5/c1-3-24-16(22)14-13(10(2)21)15(19-18-14)20-12(9-25-17(20)23)11-7-5-4-6-8-11/h4-8,12H,3,9H2,1-2H3,(H,18,19)/t12-/m0/s1. The van der Waals surface area contributed by atoms with Crippen LogP contribution in [0.3, 0.4) is 0 Å². The summed E-state index contributed by atoms with van der Waals surface area (Å²) in [5, 5.41) is 6.54. The molecule has 2 heterocycles. The van der Waals surface area contributed by atoms with Gasteiger partial charge < -0.3 is 9.47 Å². The van der Waals surface area contributed by atoms with Crippen LogP contribution in [-0.4, -0.2) is 41.3 Å². The number of nitrogens with one attached hydrogen (secondary N) is 1. The Morgan fingerprint density at radius 1 is 1.36 bits per heavy atom. The van der Waals surface area contributed by atoms with Crippen LogP contribution in [-0.2, 0) is 9.47 Å². The van der Waals surface area contributed by atoms with Crippen LogP contribution in [0.15, 0.2) is 30.3 Å². The van der Waals surface area contributed by atoms with Gasteiger partial charge >= 0.3 is 12.1 Å². The molecular formula is C17H17N3O5. The van der Waals surface area contributed by atoms with Gasteiger partial charge in [0.05, 0.1) is 12.2 Å². The molecule has 1 aliphatic heterocycles. The third kappa shape index (κ3) is 2.98. The molecule has 0 aliphatic carbocycles. The molecule has 0 radical (unpaired) electrons. The normalized spacial score (nSPS) is 16.6. The van der Waals surface area contributed by atoms with E-state index in [1.54, 1.807) is 6.92 Å². The van der Waals surface area contributed by atoms with Crippen molar-refractivity contribution in [3.05, 3.63) is 47.2 Å². The Bertz CT molecular complexity index is 815. The van der Waals surface area contributed by atoms with Crippen molar-refractivity contribution >= 4 is 23.7 Å². The molecule has 1 fully saturated rings. The summed E-state index contributed by atoms with van der Waals surface area (Å²) in [6.07, 6.45) is -0.627. The molecule has 2 aromatic rings. The number of esters is 1. The molecule has 8 heteroatoms. The van der Waals surface area contributed by atoms with Gasteiger partial charge in [0, 0.05) is 0 Å². The maximum Gasteiger partial charge on any atom is 0.416 e. The molecule has 0 saturated carbocycles. The smallest absolute Gasteiger partial charge is 0.416 e. The summed E-state index contributed by atoms with van der Waals surface area (Å²) >= 11 is 0. The Morgan fingerprint density at radius 2 is 2.08 bits per heavy atom. The monoisotopic (exact) mass is 343 g/mol. The van der Waals surface area contributed by atoms with E-state index < -0.39 is 23.9 Å². The van der Waals surface area contributed by atoms with Gasteiger partial charge in [-0.1, -0.05) is 30.3 Å². The van der Waals surface area contributed by atoms with Crippen molar-refractivity contribution in [2.45, 2.75) is 19.9 Å². The predicted molar refractivity (Wildman–Crippen MR) is 87.6 cm³/mol. The van der Waals surface area contributed by atoms with Gasteiger partial charge in [-0.3, -0.25) is 9.89 Å². The Balaban J connectivity index is 2.06. The highest BCUT2D eigenvalue weighted by atomic mass is 16.6. The van der Waals surface area contributed by atoms with E-state index in [0.717, 1.165) is 5.56 Å². The lowest BCUT2D eigenvalue weighted by molar-refractivity contribution is 0.0516. The highest BCUT2D eigenvalue weighted by Crippen LogP contribution is 2.35. The Kier molecular flexibility index (Phi) is 4.51. The van der Waals surface area contributed by atoms with Crippen molar-refractivity contribution in [3.63, 3.8) is 0 Å². The number of Topliss-reactive ketones (excluding diaryl/α,β-unsaturated/α-hetero) is 1. The molecule has 1 N–H and O–H groups in total. The van der Waals surface area contributed by atoms with Crippen molar-refractivity contribution in [2.75, 3.05) is 18.1 Å². The largest absolute Gasteiger partial charge is 0.461 e. The summed E-state index contributed by atoms with van der Waals surface area (Å²) in [5.74, 6) is -1.04. The van der Waals surface area contributed by atoms with Crippen molar-refractivity contribution in [2.24, 2.45) is 0 Å². The minimum Gasteiger partial charge on any atom is -0.461 e. The Morgan fingerprint density at radius 3 is 2.72 bits per heavy atom. The number of aromatic amines is 1. The molecule has 130 valence electrons. The van der Waals surface area contributed by atoms with Gasteiger partial charge in [-0.25, -0.2) is 14.5 Å². The number of amides is 1. The average Bonchev–Trinajstić information content (AvgIpc) is 3.19. The van der Waals surface area contributed by atoms with E-state index in [0.29, 0.717) is 0 Å². The molecule has 1 aromatic carbocycles. The van der Waals surface area contributed by atoms with Gasteiger partial charge in [-0.2, -0.15) is 5.10 Å². The lowest BCUT2D eigenvalue weighted by Gasteiger charge is -2.20. The van der Waals surface area contributed by atoms with E-state index >= 15 is 0 Å². The third-order valence-electron chi connectivity index (χ3n) is 3.86. The maximum atomic E-state index is 12.3. The van der Waals surface area contributed by atoms with Crippen molar-refractivity contribution in [1.82, 2.24) is 10.2 Å². The summed E-state index contributed by atoms with van der Waals surface area (Å²) in [6.45, 7) is 3.24. The summed E-state index contributed by atoms with van der Waals surface area (Å²) in [7, 11) is 0. The molecule has 1 aromatic heterocycles. The number of nitrogens with zero attached hydrogens (tertiary/aromatic N) is 2. The molecule has 25 heavy (non-hydrogen) atoms. The molecule has 0 bridgehead atoms. The quantitative estimate of drug-likeness (QED) is 0.661. The molecule has 0 spiro atoms. The zero-order valence-corrected chi connectivity index (χ0v) is 13.8. The molecule has 8 nitrogen and oxygen atoms in total. The summed E-state index contributed by atoms with van der Waals surface area (Å²) < 4.78 is 10.1. The fourth-order valence-electron chi connectivity index (χ4n) is 2.77. The Labute approximate surface area is 143 Å². The first kappa shape index (κ1) is 16.7. The number of aromatic nitrogens is 2. The van der Waals surface area contributed by atoms with E-state index in [1.807, 2.05) is 30.3 Å². The fourth-order valence-corrected chi connectivity index (χ4v) is 2.77. The summed E-state index contributed by atoms with van der Waals surface area (Å²) in [5.41, 5.74) is 0.776. The number of ether oxygens (including phenoxy) is 2. The van der Waals surface area contributed by atoms with Crippen LogP contribution in [0.2, 0.25) is 0 Å². The van der Waals surface area contributed by atoms with E-state index in [4.69, 9.17) is 9.47 Å².